The molecule has 6 aliphatic carbocycles. The van der Waals surface area contributed by atoms with Crippen LogP contribution in [0.3, 0.4) is 0 Å². The molecule has 3 aliphatic heterocycles. The first-order valence-electron chi connectivity index (χ1n) is 48.5. The normalized spacial score (nSPS) is 19.7. The Kier molecular flexibility index (Phi) is 27.9. The molecule has 0 bridgehead atoms. The number of carbonyl (C=O) groups is 4. The second kappa shape index (κ2) is 39.9. The van der Waals surface area contributed by atoms with Gasteiger partial charge < -0.3 is 45.4 Å². The van der Waals surface area contributed by atoms with Crippen molar-refractivity contribution in [1.29, 1.82) is 0 Å². The van der Waals surface area contributed by atoms with Gasteiger partial charge in [-0.1, -0.05) is 73.1 Å². The minimum absolute atomic E-state index is 0.00702. The summed E-state index contributed by atoms with van der Waals surface area (Å²) in [4.78, 5) is 158. The first-order valence-corrected chi connectivity index (χ1v) is 50.0. The molecule has 39 heteroatoms. The molecule has 5 N–H and O–H groups in total. The van der Waals surface area contributed by atoms with E-state index in [2.05, 4.69) is 77.1 Å². The van der Waals surface area contributed by atoms with Crippen LogP contribution in [0, 0.1) is 23.4 Å². The molecular formula is C104H112Cl4F3N23O9. The number of hydrogen-bond acceptors (Lipinski definition) is 26. The van der Waals surface area contributed by atoms with Crippen molar-refractivity contribution in [2.45, 2.75) is 250 Å². The van der Waals surface area contributed by atoms with Crippen molar-refractivity contribution in [2.75, 3.05) is 64.2 Å². The van der Waals surface area contributed by atoms with Gasteiger partial charge in [0.05, 0.1) is 122 Å². The average Bonchev–Trinajstić information content (AvgIpc) is 1.60. The molecule has 32 nitrogen and oxygen atoms in total. The van der Waals surface area contributed by atoms with Gasteiger partial charge in [-0.25, -0.2) is 95.7 Å². The van der Waals surface area contributed by atoms with Crippen molar-refractivity contribution in [3.05, 3.63) is 215 Å². The van der Waals surface area contributed by atoms with Gasteiger partial charge in [-0.15, -0.1) is 0 Å². The maximum Gasteiger partial charge on any atom is 0.412 e. The Morgan fingerprint density at radius 2 is 0.741 bits per heavy atom. The number of hydrogen-bond donors (Lipinski definition) is 3. The van der Waals surface area contributed by atoms with Gasteiger partial charge in [0.2, 0.25) is 11.1 Å². The summed E-state index contributed by atoms with van der Waals surface area (Å²) in [7, 11) is 0. The maximum atomic E-state index is 16.0. The van der Waals surface area contributed by atoms with E-state index < -0.39 is 63.2 Å². The smallest absolute Gasteiger partial charge is 0.412 e. The number of piperidine rings is 1. The number of allylic oxidation sites excluding steroid dienone is 1. The fraction of sp³-hybridized carbons (Fsp3) is 0.433. The van der Waals surface area contributed by atoms with Crippen LogP contribution in [0.1, 0.15) is 243 Å². The van der Waals surface area contributed by atoms with Crippen molar-refractivity contribution in [1.82, 2.24) is 83.3 Å². The number of rotatable bonds is 18. The average molecular weight is 2030 g/mol. The van der Waals surface area contributed by atoms with Gasteiger partial charge >= 0.3 is 29.3 Å². The SMILES string of the molecule is C=CC(=O)Cl.C=CC(=O)N1C[C@H](C)N(c2nc(=O)n(-c3c(C4CC4)ncnc3C3CC3)c3nc(-c4c(N)cccc4F)c(Cl)cc23)C[C@H]1C.C[C@@H]1CN(c2nc(=O)n(-c3c(C4CC4)ncnc3C3CC3)c3nc(-c4c(F)cccc4NC(=O)OC(C)(C)C)c(Cl)cc23)[C@@H](C)CN1C(=O)OC(C)(C)C.C[C@H]1CC[C@H](C)N(c2nc(=O)n(-c3c(C4CC4)ncnc3C3CC3)c3nc(-c4c(N)cccc4F)c(Cl)cc23)C1. The van der Waals surface area contributed by atoms with Crippen LogP contribution in [-0.2, 0) is 19.1 Å². The summed E-state index contributed by atoms with van der Waals surface area (Å²) in [6, 6.07) is 17.4. The zero-order chi connectivity index (χ0) is 102. The summed E-state index contributed by atoms with van der Waals surface area (Å²) >= 11 is 25.4. The van der Waals surface area contributed by atoms with Gasteiger partial charge in [0, 0.05) is 110 Å². The van der Waals surface area contributed by atoms with Crippen LogP contribution < -0.4 is 48.6 Å². The molecule has 6 saturated carbocycles. The van der Waals surface area contributed by atoms with E-state index in [1.54, 1.807) is 90.5 Å². The molecule has 0 unspecified atom stereocenters. The molecule has 9 aliphatic rings. The predicted molar refractivity (Wildman–Crippen MR) is 548 cm³/mol. The standard InChI is InChI=1S/C39H46ClFN8O5.C32H32ClFN8O2.C30H31ClFN7O.C3H3ClO/c1-20-18-48(37(52)54-39(6,7)8)21(2)17-47(20)33-24-16-25(40)31(28-26(41)10-9-11-27(28)44-36(51)53-38(3,4)5)45-34(24)49(35(50)46-33)32-29(22-12-13-22)42-19-43-30(32)23-14-15-23;1-4-24(43)40-13-17(3)41(14-16(40)2)30-20-12-21(33)28(25-22(34)6-5-7-23(25)35)38-31(20)42(32(44)39-30)29-26(18-8-9-18)36-15-37-27(29)19-10-11-19;1-15-6-7-16(2)38(13-15)28-19-12-20(31)26(23-21(32)4-3-5-22(23)33)36-29(19)39(30(40)37-28)27-24(17-8-9-17)34-14-35-25(27)18-10-11-18;1-2-3(4)5/h9-11,16,19-23H,12-15,17-18H2,1-8H3,(H,44,51);4-7,12,15-19H,1,8-11,13-14,35H2,2-3H3;3-5,12,14-18H,6-11,13,33H2,1-2H3;2H,1H2/t20-,21+;16-,17+;15-,16-;/m010./s1. The third-order valence-corrected chi connectivity index (χ3v) is 28.1. The highest BCUT2D eigenvalue weighted by atomic mass is 35.5. The van der Waals surface area contributed by atoms with Crippen LogP contribution in [0.5, 0.6) is 0 Å². The predicted octanol–water partition coefficient (Wildman–Crippen LogP) is 19.9. The fourth-order valence-electron chi connectivity index (χ4n) is 19.2. The second-order valence-electron chi connectivity index (χ2n) is 40.8. The molecule has 12 heterocycles. The molecule has 12 aromatic rings. The molecule has 6 atom stereocenters. The summed E-state index contributed by atoms with van der Waals surface area (Å²) < 4.78 is 62.0. The number of halogens is 7. The lowest BCUT2D eigenvalue weighted by molar-refractivity contribution is -0.128. The highest BCUT2D eigenvalue weighted by molar-refractivity contribution is 6.66. The molecule has 3 aromatic carbocycles. The molecule has 746 valence electrons. The number of nitrogens with zero attached hydrogens (tertiary/aromatic N) is 20. The van der Waals surface area contributed by atoms with Crippen molar-refractivity contribution in [3.63, 3.8) is 0 Å². The van der Waals surface area contributed by atoms with Crippen molar-refractivity contribution >= 4 is 137 Å². The highest BCUT2D eigenvalue weighted by Gasteiger charge is 2.45. The number of amides is 3. The monoisotopic (exact) mass is 2020 g/mol. The molecular weight excluding hydrogens is 1910 g/mol. The molecule has 0 spiro atoms. The van der Waals surface area contributed by atoms with Crippen LogP contribution in [-0.4, -0.2) is 181 Å². The van der Waals surface area contributed by atoms with Crippen LogP contribution in [0.25, 0.3) is 83.9 Å². The van der Waals surface area contributed by atoms with Gasteiger partial charge in [0.25, 0.3) is 0 Å². The van der Waals surface area contributed by atoms with E-state index >= 15 is 13.2 Å². The van der Waals surface area contributed by atoms with Crippen molar-refractivity contribution < 1.29 is 41.8 Å². The molecule has 21 rings (SSSR count). The first-order chi connectivity index (χ1) is 68.2. The van der Waals surface area contributed by atoms with Gasteiger partial charge in [0.15, 0.2) is 16.9 Å². The van der Waals surface area contributed by atoms with Gasteiger partial charge in [0.1, 0.15) is 65.1 Å². The van der Waals surface area contributed by atoms with Crippen LogP contribution in [0.2, 0.25) is 15.1 Å². The second-order valence-corrected chi connectivity index (χ2v) is 42.4. The number of benzene rings is 3. The Morgan fingerprint density at radius 3 is 1.07 bits per heavy atom. The van der Waals surface area contributed by atoms with E-state index in [-0.39, 0.29) is 149 Å². The van der Waals surface area contributed by atoms with E-state index in [1.165, 1.54) is 51.6 Å². The molecule has 0 radical (unpaired) electrons. The quantitative estimate of drug-likeness (QED) is 0.0408. The number of fused-ring (bicyclic) bond motifs is 3. The van der Waals surface area contributed by atoms with Crippen molar-refractivity contribution in [3.8, 4) is 50.8 Å². The number of nitrogens with one attached hydrogen (secondary N) is 1. The zero-order valence-corrected chi connectivity index (χ0v) is 84.5. The van der Waals surface area contributed by atoms with Gasteiger partial charge in [-0.3, -0.25) is 14.9 Å². The summed E-state index contributed by atoms with van der Waals surface area (Å²) in [5.41, 5.74) is 17.7. The molecule has 9 aromatic heterocycles. The van der Waals surface area contributed by atoms with Crippen LogP contribution in [0.4, 0.5) is 57.3 Å². The topological polar surface area (TPSA) is 388 Å². The third kappa shape index (κ3) is 20.8. The molecule has 3 amide bonds. The van der Waals surface area contributed by atoms with E-state index in [1.807, 2.05) is 58.3 Å². The number of anilines is 6. The fourth-order valence-corrected chi connectivity index (χ4v) is 20.0. The van der Waals surface area contributed by atoms with Crippen LogP contribution >= 0.6 is 46.4 Å². The summed E-state index contributed by atoms with van der Waals surface area (Å²) in [6.45, 7) is 31.7. The molecule has 9 fully saturated rings. The minimum Gasteiger partial charge on any atom is -0.444 e. The Bertz CT molecular complexity index is 7210. The highest BCUT2D eigenvalue weighted by Crippen LogP contribution is 2.53. The van der Waals surface area contributed by atoms with E-state index in [9.17, 15) is 33.6 Å². The Balaban J connectivity index is 0.000000139. The Labute approximate surface area is 843 Å². The lowest BCUT2D eigenvalue weighted by Crippen LogP contribution is -2.59. The third-order valence-electron chi connectivity index (χ3n) is 27.1. The number of nitrogen functional groups attached to an aromatic ring is 2. The van der Waals surface area contributed by atoms with Gasteiger partial charge in [-0.05, 0) is 250 Å². The largest absolute Gasteiger partial charge is 0.444 e. The van der Waals surface area contributed by atoms with Gasteiger partial charge in [-0.2, -0.15) is 15.0 Å². The molecule has 143 heavy (non-hydrogen) atoms. The number of carbonyl (C=O) groups excluding carboxylic acids is 4. The maximum absolute atomic E-state index is 16.0. The van der Waals surface area contributed by atoms with E-state index in [0.717, 1.165) is 137 Å². The summed E-state index contributed by atoms with van der Waals surface area (Å²) in [5.74, 6) is 0.984. The zero-order valence-electron chi connectivity index (χ0n) is 81.5. The summed E-state index contributed by atoms with van der Waals surface area (Å²) in [5, 5.41) is 4.21. The lowest BCUT2D eigenvalue weighted by atomic mass is 9.95. The number of pyridine rings is 3. The summed E-state index contributed by atoms with van der Waals surface area (Å²) in [6.07, 6.45) is 19.5. The number of nitrogens with two attached hydrogens (primary N) is 2. The lowest BCUT2D eigenvalue weighted by Gasteiger charge is -2.44. The van der Waals surface area contributed by atoms with E-state index in [0.29, 0.717) is 88.4 Å². The van der Waals surface area contributed by atoms with Crippen molar-refractivity contribution in [2.24, 2.45) is 5.92 Å². The number of piperazine rings is 2. The van der Waals surface area contributed by atoms with E-state index in [4.69, 9.17) is 87.3 Å². The Hall–Kier alpha value is -13.1. The number of aromatic nitrogens is 15. The first kappa shape index (κ1) is 100.0. The Morgan fingerprint density at radius 1 is 0.420 bits per heavy atom. The minimum atomic E-state index is -0.806. The molecule has 3 saturated heterocycles. The number of ether oxygens (including phenoxy) is 2. The van der Waals surface area contributed by atoms with Crippen LogP contribution in [0.15, 0.2) is 131 Å².